The van der Waals surface area contributed by atoms with Crippen molar-refractivity contribution in [3.8, 4) is 17.2 Å². The third-order valence-corrected chi connectivity index (χ3v) is 6.35. The van der Waals surface area contributed by atoms with Crippen molar-refractivity contribution in [2.24, 2.45) is 0 Å². The highest BCUT2D eigenvalue weighted by molar-refractivity contribution is 8.01. The molecule has 0 radical (unpaired) electrons. The standard InChI is InChI=1S/C22H25ClN6O4S/c1-13(19(32-3)20-24-10-15(23)11-25-20)34-28-22-27-26-21(14-6-5-9-33-12-14)29(22)18-16(30)7-4-8-17(18)31-2/h4-8,10-11,13-14,19,30H,9,12H2,1-3H3,(H,27,28). The number of para-hydroxylation sites is 1. The highest BCUT2D eigenvalue weighted by Crippen LogP contribution is 2.38. The van der Waals surface area contributed by atoms with Gasteiger partial charge in [0.1, 0.15) is 29.1 Å². The lowest BCUT2D eigenvalue weighted by atomic mass is 10.1. The molecule has 12 heteroatoms. The van der Waals surface area contributed by atoms with Gasteiger partial charge in [-0.05, 0) is 31.0 Å². The molecule has 0 bridgehead atoms. The molecule has 0 amide bonds. The molecule has 3 unspecified atom stereocenters. The van der Waals surface area contributed by atoms with Crippen LogP contribution in [0.5, 0.6) is 11.5 Å². The van der Waals surface area contributed by atoms with Crippen LogP contribution in [0.1, 0.15) is 30.6 Å². The zero-order chi connectivity index (χ0) is 24.1. The Kier molecular flexibility index (Phi) is 7.88. The molecule has 34 heavy (non-hydrogen) atoms. The van der Waals surface area contributed by atoms with Crippen molar-refractivity contribution < 1.29 is 19.3 Å². The number of hydrogen-bond donors (Lipinski definition) is 2. The van der Waals surface area contributed by atoms with Gasteiger partial charge in [-0.1, -0.05) is 29.8 Å². The molecule has 3 heterocycles. The zero-order valence-corrected chi connectivity index (χ0v) is 20.5. The number of nitrogens with zero attached hydrogens (tertiary/aromatic N) is 5. The third kappa shape index (κ3) is 5.12. The molecule has 0 saturated heterocycles. The first kappa shape index (κ1) is 24.3. The minimum atomic E-state index is -0.403. The Morgan fingerprint density at radius 3 is 2.74 bits per heavy atom. The smallest absolute Gasteiger partial charge is 0.239 e. The Labute approximate surface area is 206 Å². The molecule has 1 aliphatic rings. The van der Waals surface area contributed by atoms with E-state index in [0.29, 0.717) is 47.3 Å². The summed E-state index contributed by atoms with van der Waals surface area (Å²) in [4.78, 5) is 8.55. The van der Waals surface area contributed by atoms with Crippen molar-refractivity contribution in [2.75, 3.05) is 32.2 Å². The van der Waals surface area contributed by atoms with Crippen molar-refractivity contribution >= 4 is 29.5 Å². The van der Waals surface area contributed by atoms with Crippen molar-refractivity contribution in [3.05, 3.63) is 59.4 Å². The largest absolute Gasteiger partial charge is 0.506 e. The van der Waals surface area contributed by atoms with Crippen LogP contribution in [0.3, 0.4) is 0 Å². The fourth-order valence-electron chi connectivity index (χ4n) is 3.61. The second kappa shape index (κ2) is 11.0. The van der Waals surface area contributed by atoms with Gasteiger partial charge in [-0.2, -0.15) is 0 Å². The molecule has 1 aromatic carbocycles. The maximum Gasteiger partial charge on any atom is 0.239 e. The number of benzene rings is 1. The van der Waals surface area contributed by atoms with E-state index in [-0.39, 0.29) is 16.9 Å². The summed E-state index contributed by atoms with van der Waals surface area (Å²) in [6.45, 7) is 2.98. The number of phenolic OH excluding ortho intramolecular Hbond substituents is 1. The van der Waals surface area contributed by atoms with Crippen LogP contribution in [0, 0.1) is 0 Å². The molecule has 1 aliphatic heterocycles. The van der Waals surface area contributed by atoms with E-state index in [0.717, 1.165) is 0 Å². The third-order valence-electron chi connectivity index (χ3n) is 5.23. The summed E-state index contributed by atoms with van der Waals surface area (Å²) < 4.78 is 21.8. The maximum absolute atomic E-state index is 10.7. The summed E-state index contributed by atoms with van der Waals surface area (Å²) >= 11 is 7.28. The Bertz CT molecular complexity index is 1140. The lowest BCUT2D eigenvalue weighted by Crippen LogP contribution is -2.19. The minimum Gasteiger partial charge on any atom is -0.506 e. The van der Waals surface area contributed by atoms with Crippen LogP contribution in [-0.2, 0) is 9.47 Å². The summed E-state index contributed by atoms with van der Waals surface area (Å²) in [6, 6.07) is 5.07. The number of nitrogens with one attached hydrogen (secondary N) is 1. The first-order valence-corrected chi connectivity index (χ1v) is 11.8. The number of phenols is 1. The number of hydrogen-bond acceptors (Lipinski definition) is 10. The minimum absolute atomic E-state index is 0.0338. The van der Waals surface area contributed by atoms with Crippen LogP contribution in [0.25, 0.3) is 5.69 Å². The molecule has 0 fully saturated rings. The molecular formula is C22H25ClN6O4S. The van der Waals surface area contributed by atoms with Gasteiger partial charge in [0.2, 0.25) is 5.95 Å². The van der Waals surface area contributed by atoms with E-state index in [1.165, 1.54) is 24.3 Å². The number of aromatic nitrogens is 5. The van der Waals surface area contributed by atoms with Crippen LogP contribution in [0.4, 0.5) is 5.95 Å². The normalized spacial score (nSPS) is 17.4. The van der Waals surface area contributed by atoms with E-state index >= 15 is 0 Å². The number of aromatic hydroxyl groups is 1. The lowest BCUT2D eigenvalue weighted by molar-refractivity contribution is 0.0972. The quantitative estimate of drug-likeness (QED) is 0.328. The molecule has 0 aliphatic carbocycles. The first-order valence-electron chi connectivity index (χ1n) is 10.5. The van der Waals surface area contributed by atoms with Crippen molar-refractivity contribution in [3.63, 3.8) is 0 Å². The Morgan fingerprint density at radius 1 is 1.26 bits per heavy atom. The Balaban J connectivity index is 1.66. The second-order valence-electron chi connectivity index (χ2n) is 7.46. The second-order valence-corrected chi connectivity index (χ2v) is 9.08. The molecule has 3 aromatic rings. The average molecular weight is 505 g/mol. The summed E-state index contributed by atoms with van der Waals surface area (Å²) in [5.74, 6) is 1.91. The Hall–Kier alpha value is -2.86. The molecule has 0 saturated carbocycles. The first-order chi connectivity index (χ1) is 16.5. The fraction of sp³-hybridized carbons (Fsp3) is 0.364. The topological polar surface area (TPSA) is 116 Å². The highest BCUT2D eigenvalue weighted by atomic mass is 35.5. The average Bonchev–Trinajstić information content (AvgIpc) is 3.28. The lowest BCUT2D eigenvalue weighted by Gasteiger charge is -2.22. The van der Waals surface area contributed by atoms with E-state index in [2.05, 4.69) is 24.9 Å². The molecule has 180 valence electrons. The van der Waals surface area contributed by atoms with Gasteiger partial charge < -0.3 is 19.3 Å². The van der Waals surface area contributed by atoms with Crippen LogP contribution < -0.4 is 9.46 Å². The van der Waals surface area contributed by atoms with Crippen LogP contribution >= 0.6 is 23.5 Å². The molecule has 2 N–H and O–H groups in total. The van der Waals surface area contributed by atoms with Gasteiger partial charge in [-0.3, -0.25) is 9.29 Å². The van der Waals surface area contributed by atoms with E-state index in [4.69, 9.17) is 25.8 Å². The number of methoxy groups -OCH3 is 2. The molecule has 2 aromatic heterocycles. The van der Waals surface area contributed by atoms with Crippen LogP contribution in [-0.4, -0.2) is 62.5 Å². The molecular weight excluding hydrogens is 480 g/mol. The number of rotatable bonds is 9. The van der Waals surface area contributed by atoms with Crippen molar-refractivity contribution in [1.29, 1.82) is 0 Å². The predicted molar refractivity (Wildman–Crippen MR) is 130 cm³/mol. The zero-order valence-electron chi connectivity index (χ0n) is 18.9. The van der Waals surface area contributed by atoms with E-state index in [1.54, 1.807) is 37.0 Å². The van der Waals surface area contributed by atoms with Crippen molar-refractivity contribution in [1.82, 2.24) is 24.7 Å². The predicted octanol–water partition coefficient (Wildman–Crippen LogP) is 3.93. The van der Waals surface area contributed by atoms with Crippen molar-refractivity contribution in [2.45, 2.75) is 24.2 Å². The monoisotopic (exact) mass is 504 g/mol. The summed E-state index contributed by atoms with van der Waals surface area (Å²) in [5, 5.41) is 19.8. The highest BCUT2D eigenvalue weighted by Gasteiger charge is 2.28. The number of ether oxygens (including phenoxy) is 3. The SMILES string of the molecule is COc1cccc(O)c1-n1c(NSC(C)C(OC)c2ncc(Cl)cn2)nnc1C1C=CCOC1. The summed E-state index contributed by atoms with van der Waals surface area (Å²) in [6.07, 6.45) is 6.63. The van der Waals surface area contributed by atoms with Gasteiger partial charge in [0, 0.05) is 19.5 Å². The van der Waals surface area contributed by atoms with Gasteiger partial charge >= 0.3 is 0 Å². The fourth-order valence-corrected chi connectivity index (χ4v) is 4.48. The number of halogens is 1. The molecule has 0 spiro atoms. The van der Waals surface area contributed by atoms with Gasteiger partial charge in [0.05, 0.1) is 36.5 Å². The summed E-state index contributed by atoms with van der Waals surface area (Å²) in [7, 11) is 3.15. The summed E-state index contributed by atoms with van der Waals surface area (Å²) in [5.41, 5.74) is 0.434. The van der Waals surface area contributed by atoms with E-state index < -0.39 is 6.10 Å². The van der Waals surface area contributed by atoms with Gasteiger partial charge in [0.25, 0.3) is 0 Å². The van der Waals surface area contributed by atoms with E-state index in [9.17, 15) is 5.11 Å². The molecule has 3 atom stereocenters. The van der Waals surface area contributed by atoms with E-state index in [1.807, 2.05) is 19.1 Å². The van der Waals surface area contributed by atoms with Gasteiger partial charge in [-0.15, -0.1) is 10.2 Å². The van der Waals surface area contributed by atoms with Gasteiger partial charge in [-0.25, -0.2) is 9.97 Å². The number of anilines is 1. The Morgan fingerprint density at radius 2 is 2.06 bits per heavy atom. The molecule has 4 rings (SSSR count). The molecule has 10 nitrogen and oxygen atoms in total. The van der Waals surface area contributed by atoms with Crippen LogP contribution in [0.15, 0.2) is 42.7 Å². The van der Waals surface area contributed by atoms with Gasteiger partial charge in [0.15, 0.2) is 5.82 Å². The maximum atomic E-state index is 10.7. The van der Waals surface area contributed by atoms with Crippen LogP contribution in [0.2, 0.25) is 5.02 Å².